The van der Waals surface area contributed by atoms with Gasteiger partial charge in [0, 0.05) is 16.3 Å². The fourth-order valence-electron chi connectivity index (χ4n) is 2.77. The van der Waals surface area contributed by atoms with E-state index in [4.69, 9.17) is 25.5 Å². The topological polar surface area (TPSA) is 69.4 Å². The lowest BCUT2D eigenvalue weighted by Gasteiger charge is -2.08. The van der Waals surface area contributed by atoms with Crippen LogP contribution in [-0.4, -0.2) is 17.3 Å². The van der Waals surface area contributed by atoms with Crippen molar-refractivity contribution < 1.29 is 13.9 Å². The number of benzene rings is 3. The minimum atomic E-state index is 0.425. The summed E-state index contributed by atoms with van der Waals surface area (Å²) in [4.78, 5) is 0. The highest BCUT2D eigenvalue weighted by molar-refractivity contribution is 6.30. The molecule has 0 aliphatic carbocycles. The Labute approximate surface area is 179 Å². The van der Waals surface area contributed by atoms with Gasteiger partial charge >= 0.3 is 0 Å². The molecule has 1 heterocycles. The van der Waals surface area contributed by atoms with Crippen LogP contribution in [0.5, 0.6) is 11.5 Å². The van der Waals surface area contributed by atoms with Gasteiger partial charge in [0.25, 0.3) is 0 Å². The Hall–Kier alpha value is -3.51. The molecule has 0 amide bonds. The molecule has 0 spiro atoms. The molecule has 0 fully saturated rings. The maximum Gasteiger partial charge on any atom is 0.247 e. The summed E-state index contributed by atoms with van der Waals surface area (Å²) >= 11 is 5.90. The number of nitrogens with zero attached hydrogens (tertiary/aromatic N) is 2. The summed E-state index contributed by atoms with van der Waals surface area (Å²) in [5.74, 6) is 2.54. The number of anilines is 1. The van der Waals surface area contributed by atoms with Gasteiger partial charge in [0.05, 0.1) is 13.7 Å². The molecule has 0 radical (unpaired) electrons. The number of hydrogen-bond donors (Lipinski definition) is 1. The molecule has 0 saturated heterocycles. The van der Waals surface area contributed by atoms with Gasteiger partial charge in [-0.3, -0.25) is 0 Å². The van der Waals surface area contributed by atoms with Crippen molar-refractivity contribution in [3.8, 4) is 23.0 Å². The first kappa shape index (κ1) is 19.8. The van der Waals surface area contributed by atoms with Crippen LogP contribution in [0.15, 0.2) is 77.2 Å². The quantitative estimate of drug-likeness (QED) is 0.400. The fraction of sp³-hybridized carbons (Fsp3) is 0.130. The van der Waals surface area contributed by atoms with Gasteiger partial charge in [-0.15, -0.1) is 10.2 Å². The molecule has 0 saturated carbocycles. The van der Waals surface area contributed by atoms with Crippen molar-refractivity contribution in [1.82, 2.24) is 10.2 Å². The molecule has 152 valence electrons. The van der Waals surface area contributed by atoms with Crippen LogP contribution in [0.25, 0.3) is 11.5 Å². The summed E-state index contributed by atoms with van der Waals surface area (Å²) in [5.41, 5.74) is 2.83. The van der Waals surface area contributed by atoms with Gasteiger partial charge < -0.3 is 19.2 Å². The van der Waals surface area contributed by atoms with Gasteiger partial charge in [-0.2, -0.15) is 0 Å². The molecule has 0 unspecified atom stereocenters. The van der Waals surface area contributed by atoms with E-state index in [0.29, 0.717) is 30.0 Å². The second-order valence-corrected chi connectivity index (χ2v) is 6.96. The maximum atomic E-state index is 5.90. The SMILES string of the molecule is COc1ccc(-c2nnc(CNc3ccc(OCc4ccc(Cl)cc4)cc3)o2)cc1. The smallest absolute Gasteiger partial charge is 0.247 e. The minimum absolute atomic E-state index is 0.425. The van der Waals surface area contributed by atoms with Crippen molar-refractivity contribution in [3.05, 3.63) is 89.3 Å². The average molecular weight is 422 g/mol. The number of rotatable bonds is 8. The molecule has 6 nitrogen and oxygen atoms in total. The predicted octanol–water partition coefficient (Wildman–Crippen LogP) is 5.59. The van der Waals surface area contributed by atoms with Crippen molar-refractivity contribution in [2.75, 3.05) is 12.4 Å². The maximum absolute atomic E-state index is 5.90. The number of hydrogen-bond acceptors (Lipinski definition) is 6. The van der Waals surface area contributed by atoms with E-state index in [1.165, 1.54) is 0 Å². The van der Waals surface area contributed by atoms with E-state index in [1.807, 2.05) is 72.8 Å². The summed E-state index contributed by atoms with van der Waals surface area (Å²) in [6, 6.07) is 22.8. The van der Waals surface area contributed by atoms with Gasteiger partial charge in [-0.1, -0.05) is 23.7 Å². The molecule has 0 aliphatic rings. The van der Waals surface area contributed by atoms with Crippen LogP contribution in [0.4, 0.5) is 5.69 Å². The third-order valence-corrected chi connectivity index (χ3v) is 4.67. The standard InChI is InChI=1S/C23H20ClN3O3/c1-28-20-10-4-17(5-11-20)23-27-26-22(30-23)14-25-19-8-12-21(13-9-19)29-15-16-2-6-18(24)7-3-16/h2-13,25H,14-15H2,1H3. The van der Waals surface area contributed by atoms with Crippen molar-refractivity contribution in [3.63, 3.8) is 0 Å². The largest absolute Gasteiger partial charge is 0.497 e. The van der Waals surface area contributed by atoms with E-state index in [-0.39, 0.29) is 0 Å². The first-order valence-electron chi connectivity index (χ1n) is 9.37. The number of aromatic nitrogens is 2. The zero-order chi connectivity index (χ0) is 20.8. The molecular formula is C23H20ClN3O3. The Kier molecular flexibility index (Phi) is 6.15. The first-order valence-corrected chi connectivity index (χ1v) is 9.75. The average Bonchev–Trinajstić information content (AvgIpc) is 3.27. The Morgan fingerprint density at radius 2 is 1.57 bits per heavy atom. The second kappa shape index (κ2) is 9.33. The van der Waals surface area contributed by atoms with Crippen molar-refractivity contribution >= 4 is 17.3 Å². The fourth-order valence-corrected chi connectivity index (χ4v) is 2.90. The summed E-state index contributed by atoms with van der Waals surface area (Å²) in [7, 11) is 1.63. The lowest BCUT2D eigenvalue weighted by atomic mass is 10.2. The van der Waals surface area contributed by atoms with Gasteiger partial charge in [-0.25, -0.2) is 0 Å². The van der Waals surface area contributed by atoms with Gasteiger partial charge in [-0.05, 0) is 66.2 Å². The van der Waals surface area contributed by atoms with Gasteiger partial charge in [0.15, 0.2) is 0 Å². The van der Waals surface area contributed by atoms with Crippen LogP contribution in [0.1, 0.15) is 11.5 Å². The molecule has 3 aromatic carbocycles. The zero-order valence-electron chi connectivity index (χ0n) is 16.3. The van der Waals surface area contributed by atoms with Crippen LogP contribution >= 0.6 is 11.6 Å². The number of halogens is 1. The van der Waals surface area contributed by atoms with Crippen LogP contribution in [0.3, 0.4) is 0 Å². The summed E-state index contributed by atoms with van der Waals surface area (Å²) in [5, 5.41) is 12.2. The predicted molar refractivity (Wildman–Crippen MR) is 116 cm³/mol. The van der Waals surface area contributed by atoms with Crippen molar-refractivity contribution in [2.45, 2.75) is 13.2 Å². The molecule has 4 rings (SSSR count). The van der Waals surface area contributed by atoms with Crippen LogP contribution in [-0.2, 0) is 13.2 Å². The summed E-state index contributed by atoms with van der Waals surface area (Å²) in [6.45, 7) is 0.911. The Bertz CT molecular complexity index is 1080. The van der Waals surface area contributed by atoms with E-state index < -0.39 is 0 Å². The Balaban J connectivity index is 1.29. The van der Waals surface area contributed by atoms with Crippen molar-refractivity contribution in [1.29, 1.82) is 0 Å². The third kappa shape index (κ3) is 5.10. The normalized spacial score (nSPS) is 10.6. The van der Waals surface area contributed by atoms with E-state index in [0.717, 1.165) is 28.3 Å². The number of nitrogens with one attached hydrogen (secondary N) is 1. The van der Waals surface area contributed by atoms with E-state index in [9.17, 15) is 0 Å². The van der Waals surface area contributed by atoms with Crippen LogP contribution < -0.4 is 14.8 Å². The van der Waals surface area contributed by atoms with E-state index in [1.54, 1.807) is 7.11 Å². The van der Waals surface area contributed by atoms with Gasteiger partial charge in [0.2, 0.25) is 11.8 Å². The summed E-state index contributed by atoms with van der Waals surface area (Å²) in [6.07, 6.45) is 0. The zero-order valence-corrected chi connectivity index (χ0v) is 17.1. The highest BCUT2D eigenvalue weighted by Crippen LogP contribution is 2.22. The molecular weight excluding hydrogens is 402 g/mol. The molecule has 4 aromatic rings. The van der Waals surface area contributed by atoms with E-state index in [2.05, 4.69) is 15.5 Å². The summed E-state index contributed by atoms with van der Waals surface area (Å²) < 4.78 is 16.7. The molecule has 0 atom stereocenters. The van der Waals surface area contributed by atoms with E-state index >= 15 is 0 Å². The Morgan fingerprint density at radius 3 is 2.27 bits per heavy atom. The Morgan fingerprint density at radius 1 is 0.867 bits per heavy atom. The number of ether oxygens (including phenoxy) is 2. The number of methoxy groups -OCH3 is 1. The van der Waals surface area contributed by atoms with Crippen LogP contribution in [0.2, 0.25) is 5.02 Å². The first-order chi connectivity index (χ1) is 14.7. The van der Waals surface area contributed by atoms with Crippen molar-refractivity contribution in [2.24, 2.45) is 0 Å². The lowest BCUT2D eigenvalue weighted by Crippen LogP contribution is -2.00. The minimum Gasteiger partial charge on any atom is -0.497 e. The lowest BCUT2D eigenvalue weighted by molar-refractivity contribution is 0.306. The van der Waals surface area contributed by atoms with Gasteiger partial charge in [0.1, 0.15) is 18.1 Å². The molecule has 1 aromatic heterocycles. The molecule has 30 heavy (non-hydrogen) atoms. The molecule has 7 heteroatoms. The van der Waals surface area contributed by atoms with Crippen LogP contribution in [0, 0.1) is 0 Å². The molecule has 0 bridgehead atoms. The molecule has 0 aliphatic heterocycles. The highest BCUT2D eigenvalue weighted by Gasteiger charge is 2.08. The monoisotopic (exact) mass is 421 g/mol. The highest BCUT2D eigenvalue weighted by atomic mass is 35.5. The third-order valence-electron chi connectivity index (χ3n) is 4.42. The second-order valence-electron chi connectivity index (χ2n) is 6.52. The molecule has 1 N–H and O–H groups in total.